The Hall–Kier alpha value is -1.95. The lowest BCUT2D eigenvalue weighted by Crippen LogP contribution is -2.19. The number of methoxy groups -OCH3 is 1. The van der Waals surface area contributed by atoms with Gasteiger partial charge in [0, 0.05) is 0 Å². The van der Waals surface area contributed by atoms with Gasteiger partial charge < -0.3 is 4.74 Å². The van der Waals surface area contributed by atoms with Gasteiger partial charge in [-0.2, -0.15) is 0 Å². The Bertz CT molecular complexity index is 992. The summed E-state index contributed by atoms with van der Waals surface area (Å²) < 4.78 is 57.3. The van der Waals surface area contributed by atoms with Gasteiger partial charge in [-0.1, -0.05) is 0 Å². The number of carbonyl (C=O) groups is 1. The van der Waals surface area contributed by atoms with Crippen molar-refractivity contribution in [2.24, 2.45) is 0 Å². The van der Waals surface area contributed by atoms with Crippen molar-refractivity contribution in [2.75, 3.05) is 18.9 Å². The maximum absolute atomic E-state index is 12.4. The lowest BCUT2D eigenvalue weighted by atomic mass is 10.3. The predicted octanol–water partition coefficient (Wildman–Crippen LogP) is 1.55. The first kappa shape index (κ1) is 19.4. The topological polar surface area (TPSA) is 119 Å². The smallest absolute Gasteiger partial charge is 0.348 e. The van der Waals surface area contributed by atoms with E-state index in [0.29, 0.717) is 10.4 Å². The summed E-state index contributed by atoms with van der Waals surface area (Å²) in [6.45, 7) is 1.66. The zero-order chi connectivity index (χ0) is 18.8. The predicted molar refractivity (Wildman–Crippen MR) is 93.9 cm³/mol. The van der Waals surface area contributed by atoms with E-state index in [-0.39, 0.29) is 14.8 Å². The summed E-state index contributed by atoms with van der Waals surface area (Å²) in [6.07, 6.45) is 0. The minimum atomic E-state index is -3.93. The molecule has 136 valence electrons. The van der Waals surface area contributed by atoms with Crippen LogP contribution in [0, 0.1) is 6.92 Å². The Morgan fingerprint density at radius 3 is 2.04 bits per heavy atom. The van der Waals surface area contributed by atoms with Crippen molar-refractivity contribution in [3.63, 3.8) is 0 Å². The number of thiophene rings is 1. The SMILES string of the molecule is CNS(=O)(=O)c1ccc(S(=O)(=O)Nc2cc(C)c(C(=O)OC)s2)cc1. The monoisotopic (exact) mass is 404 g/mol. The highest BCUT2D eigenvalue weighted by atomic mass is 32.2. The summed E-state index contributed by atoms with van der Waals surface area (Å²) in [4.78, 5) is 11.7. The molecule has 0 bridgehead atoms. The third-order valence-corrected chi connectivity index (χ3v) is 7.31. The van der Waals surface area contributed by atoms with Gasteiger partial charge in [0.25, 0.3) is 10.0 Å². The molecule has 0 amide bonds. The number of nitrogens with one attached hydrogen (secondary N) is 2. The quantitative estimate of drug-likeness (QED) is 0.705. The Labute approximate surface area is 149 Å². The molecular formula is C14H16N2O6S3. The van der Waals surface area contributed by atoms with E-state index >= 15 is 0 Å². The number of esters is 1. The number of hydrogen-bond acceptors (Lipinski definition) is 7. The highest BCUT2D eigenvalue weighted by Gasteiger charge is 2.20. The van der Waals surface area contributed by atoms with E-state index in [2.05, 4.69) is 14.2 Å². The van der Waals surface area contributed by atoms with Crippen LogP contribution in [-0.2, 0) is 24.8 Å². The molecule has 11 heteroatoms. The minimum absolute atomic E-state index is 0.0473. The zero-order valence-electron chi connectivity index (χ0n) is 13.6. The minimum Gasteiger partial charge on any atom is -0.465 e. The van der Waals surface area contributed by atoms with Crippen molar-refractivity contribution in [1.82, 2.24) is 4.72 Å². The van der Waals surface area contributed by atoms with Crippen molar-refractivity contribution in [2.45, 2.75) is 16.7 Å². The van der Waals surface area contributed by atoms with Crippen molar-refractivity contribution in [3.8, 4) is 0 Å². The average Bonchev–Trinajstić information content (AvgIpc) is 2.93. The van der Waals surface area contributed by atoms with Gasteiger partial charge >= 0.3 is 5.97 Å². The fourth-order valence-corrected chi connectivity index (χ4v) is 4.94. The Morgan fingerprint density at radius 1 is 1.04 bits per heavy atom. The Kier molecular flexibility index (Phi) is 5.52. The van der Waals surface area contributed by atoms with Gasteiger partial charge in [-0.15, -0.1) is 11.3 Å². The van der Waals surface area contributed by atoms with Gasteiger partial charge in [0.2, 0.25) is 10.0 Å². The molecule has 1 heterocycles. The van der Waals surface area contributed by atoms with Crippen LogP contribution in [0.4, 0.5) is 5.00 Å². The van der Waals surface area contributed by atoms with Crippen LogP contribution in [0.5, 0.6) is 0 Å². The Morgan fingerprint density at radius 2 is 1.56 bits per heavy atom. The highest BCUT2D eigenvalue weighted by molar-refractivity contribution is 7.93. The molecule has 0 atom stereocenters. The number of sulfonamides is 2. The summed E-state index contributed by atoms with van der Waals surface area (Å²) in [7, 11) is -5.07. The molecule has 0 aliphatic rings. The fraction of sp³-hybridized carbons (Fsp3) is 0.214. The molecule has 25 heavy (non-hydrogen) atoms. The number of rotatable bonds is 6. The molecule has 0 fully saturated rings. The summed E-state index contributed by atoms with van der Waals surface area (Å²) in [5.41, 5.74) is 0.588. The lowest BCUT2D eigenvalue weighted by molar-refractivity contribution is 0.0605. The van der Waals surface area contributed by atoms with Crippen LogP contribution in [0.2, 0.25) is 0 Å². The largest absolute Gasteiger partial charge is 0.465 e. The summed E-state index contributed by atoms with van der Waals surface area (Å²) in [5, 5.41) is 0.254. The number of anilines is 1. The summed E-state index contributed by atoms with van der Waals surface area (Å²) >= 11 is 0.954. The van der Waals surface area contributed by atoms with E-state index in [9.17, 15) is 21.6 Å². The molecule has 1 aromatic heterocycles. The van der Waals surface area contributed by atoms with Crippen LogP contribution in [0.25, 0.3) is 0 Å². The van der Waals surface area contributed by atoms with Crippen molar-refractivity contribution in [1.29, 1.82) is 0 Å². The summed E-state index contributed by atoms with van der Waals surface area (Å²) in [6, 6.07) is 6.29. The van der Waals surface area contributed by atoms with Crippen LogP contribution < -0.4 is 9.44 Å². The molecule has 1 aromatic carbocycles. The molecule has 8 nitrogen and oxygen atoms in total. The third kappa shape index (κ3) is 4.18. The van der Waals surface area contributed by atoms with Crippen LogP contribution in [0.15, 0.2) is 40.1 Å². The second-order valence-electron chi connectivity index (χ2n) is 4.90. The fourth-order valence-electron chi connectivity index (χ4n) is 1.93. The molecular weight excluding hydrogens is 388 g/mol. The van der Waals surface area contributed by atoms with Gasteiger partial charge in [0.1, 0.15) is 9.88 Å². The number of aryl methyl sites for hydroxylation is 1. The molecule has 0 spiro atoms. The number of ether oxygens (including phenoxy) is 1. The summed E-state index contributed by atoms with van der Waals surface area (Å²) in [5.74, 6) is -0.547. The van der Waals surface area contributed by atoms with Gasteiger partial charge in [0.05, 0.1) is 16.9 Å². The van der Waals surface area contributed by atoms with Gasteiger partial charge in [-0.05, 0) is 49.9 Å². The van der Waals surface area contributed by atoms with Crippen LogP contribution >= 0.6 is 11.3 Å². The number of benzene rings is 1. The van der Waals surface area contributed by atoms with Crippen molar-refractivity contribution >= 4 is 42.4 Å². The van der Waals surface area contributed by atoms with E-state index in [0.717, 1.165) is 11.3 Å². The maximum atomic E-state index is 12.4. The van der Waals surface area contributed by atoms with Crippen molar-refractivity contribution < 1.29 is 26.4 Å². The van der Waals surface area contributed by atoms with Crippen LogP contribution in [0.1, 0.15) is 15.2 Å². The van der Waals surface area contributed by atoms with E-state index in [1.807, 2.05) is 0 Å². The molecule has 0 aliphatic carbocycles. The number of hydrogen-bond donors (Lipinski definition) is 2. The van der Waals surface area contributed by atoms with E-state index in [1.54, 1.807) is 6.92 Å². The Balaban J connectivity index is 2.29. The third-order valence-electron chi connectivity index (χ3n) is 3.24. The van der Waals surface area contributed by atoms with Gasteiger partial charge in [-0.3, -0.25) is 4.72 Å². The molecule has 2 rings (SSSR count). The average molecular weight is 404 g/mol. The zero-order valence-corrected chi connectivity index (χ0v) is 16.0. The second-order valence-corrected chi connectivity index (χ2v) is 9.52. The van der Waals surface area contributed by atoms with Crippen LogP contribution in [-0.4, -0.2) is 37.0 Å². The van der Waals surface area contributed by atoms with E-state index in [4.69, 9.17) is 0 Å². The normalized spacial score (nSPS) is 12.0. The molecule has 0 aliphatic heterocycles. The molecule has 2 N–H and O–H groups in total. The number of carbonyl (C=O) groups excluding carboxylic acids is 1. The molecule has 0 saturated heterocycles. The standard InChI is InChI=1S/C14H16N2O6S3/c1-9-8-12(23-13(9)14(17)22-3)16-25(20,21)11-6-4-10(5-7-11)24(18,19)15-2/h4-8,15-16H,1-3H3. The molecule has 0 saturated carbocycles. The molecule has 2 aromatic rings. The van der Waals surface area contributed by atoms with Crippen molar-refractivity contribution in [3.05, 3.63) is 40.8 Å². The van der Waals surface area contributed by atoms with Gasteiger partial charge in [-0.25, -0.2) is 26.4 Å². The first-order chi connectivity index (χ1) is 11.6. The maximum Gasteiger partial charge on any atom is 0.348 e. The molecule has 0 radical (unpaired) electrons. The highest BCUT2D eigenvalue weighted by Crippen LogP contribution is 2.29. The van der Waals surface area contributed by atoms with E-state index < -0.39 is 26.0 Å². The molecule has 0 unspecified atom stereocenters. The van der Waals surface area contributed by atoms with Gasteiger partial charge in [0.15, 0.2) is 0 Å². The van der Waals surface area contributed by atoms with E-state index in [1.165, 1.54) is 44.5 Å². The lowest BCUT2D eigenvalue weighted by Gasteiger charge is -2.07. The second kappa shape index (κ2) is 7.12. The first-order valence-corrected chi connectivity index (χ1v) is 10.6. The first-order valence-electron chi connectivity index (χ1n) is 6.86. The van der Waals surface area contributed by atoms with Crippen LogP contribution in [0.3, 0.4) is 0 Å².